The first-order valence-corrected chi connectivity index (χ1v) is 12.9. The average molecular weight is 432 g/mol. The summed E-state index contributed by atoms with van der Waals surface area (Å²) in [6.45, 7) is 1.98. The van der Waals surface area contributed by atoms with Crippen molar-refractivity contribution in [2.75, 3.05) is 7.05 Å². The molecule has 2 aromatic rings. The molecule has 112 valence electrons. The molecule has 0 aliphatic carbocycles. The van der Waals surface area contributed by atoms with Gasteiger partial charge in [0.2, 0.25) is 0 Å². The van der Waals surface area contributed by atoms with Gasteiger partial charge in [-0.3, -0.25) is 0 Å². The first-order valence-electron chi connectivity index (χ1n) is 6.58. The van der Waals surface area contributed by atoms with Crippen molar-refractivity contribution in [3.8, 4) is 0 Å². The van der Waals surface area contributed by atoms with Crippen LogP contribution in [0.3, 0.4) is 0 Å². The molecule has 6 heteroatoms. The SMILES string of the molecule is C[NH][Sb]([CH3])[c]1ccc(C(=O)NC(C)c2ccc(Cl)cc2)s1. The monoisotopic (exact) mass is 430 g/mol. The van der Waals surface area contributed by atoms with Gasteiger partial charge in [0, 0.05) is 0 Å². The summed E-state index contributed by atoms with van der Waals surface area (Å²) in [5.41, 5.74) is 1.05. The number of hydrogen-bond acceptors (Lipinski definition) is 3. The zero-order chi connectivity index (χ0) is 15.4. The van der Waals surface area contributed by atoms with Crippen molar-refractivity contribution in [1.29, 1.82) is 0 Å². The van der Waals surface area contributed by atoms with Crippen molar-refractivity contribution in [3.05, 3.63) is 51.9 Å². The minimum absolute atomic E-state index is 0.0151. The van der Waals surface area contributed by atoms with Crippen LogP contribution >= 0.6 is 22.9 Å². The van der Waals surface area contributed by atoms with Gasteiger partial charge in [-0.15, -0.1) is 0 Å². The van der Waals surface area contributed by atoms with Gasteiger partial charge in [-0.2, -0.15) is 0 Å². The Morgan fingerprint density at radius 3 is 2.52 bits per heavy atom. The Labute approximate surface area is 142 Å². The van der Waals surface area contributed by atoms with Crippen molar-refractivity contribution >= 4 is 52.2 Å². The molecule has 0 radical (unpaired) electrons. The van der Waals surface area contributed by atoms with Crippen LogP contribution < -0.4 is 11.6 Å². The molecule has 1 heterocycles. The van der Waals surface area contributed by atoms with Crippen LogP contribution in [-0.4, -0.2) is 33.4 Å². The summed E-state index contributed by atoms with van der Waals surface area (Å²) < 4.78 is 4.69. The fraction of sp³-hybridized carbons (Fsp3) is 0.267. The second-order valence-corrected chi connectivity index (χ2v) is 12.9. The van der Waals surface area contributed by atoms with Crippen LogP contribution in [0.15, 0.2) is 36.4 Å². The van der Waals surface area contributed by atoms with Crippen molar-refractivity contribution < 1.29 is 4.79 Å². The molecule has 0 saturated carbocycles. The van der Waals surface area contributed by atoms with Crippen LogP contribution in [-0.2, 0) is 0 Å². The Morgan fingerprint density at radius 2 is 1.90 bits per heavy atom. The predicted octanol–water partition coefficient (Wildman–Crippen LogP) is 2.94. The second kappa shape index (κ2) is 7.64. The third-order valence-electron chi connectivity index (χ3n) is 3.20. The number of halogens is 1. The van der Waals surface area contributed by atoms with Crippen LogP contribution in [0.1, 0.15) is 28.2 Å². The molecular formula is C15H18ClN2OSSb. The number of rotatable bonds is 5. The summed E-state index contributed by atoms with van der Waals surface area (Å²) >= 11 is 5.96. The molecule has 0 aliphatic heterocycles. The number of carbonyl (C=O) groups excluding carboxylic acids is 1. The number of carbonyl (C=O) groups is 1. The Bertz CT molecular complexity index is 614. The van der Waals surface area contributed by atoms with Crippen LogP contribution in [0.25, 0.3) is 0 Å². The van der Waals surface area contributed by atoms with Crippen LogP contribution in [0, 0.1) is 0 Å². The van der Waals surface area contributed by atoms with E-state index in [0.29, 0.717) is 5.02 Å². The molecule has 1 unspecified atom stereocenters. The van der Waals surface area contributed by atoms with Gasteiger partial charge in [0.15, 0.2) is 0 Å². The van der Waals surface area contributed by atoms with Gasteiger partial charge in [-0.05, 0) is 0 Å². The summed E-state index contributed by atoms with van der Waals surface area (Å²) in [5, 5.41) is 3.73. The molecule has 21 heavy (non-hydrogen) atoms. The number of thiophene rings is 1. The van der Waals surface area contributed by atoms with E-state index in [9.17, 15) is 4.79 Å². The van der Waals surface area contributed by atoms with E-state index in [1.807, 2.05) is 44.3 Å². The Kier molecular flexibility index (Phi) is 6.12. The summed E-state index contributed by atoms with van der Waals surface area (Å²) in [4.78, 5) is 15.3. The van der Waals surface area contributed by atoms with Crippen molar-refractivity contribution in [2.45, 2.75) is 17.8 Å². The fourth-order valence-corrected chi connectivity index (χ4v) is 6.86. The van der Waals surface area contributed by atoms with Crippen molar-refractivity contribution in [1.82, 2.24) is 8.79 Å². The van der Waals surface area contributed by atoms with E-state index in [-0.39, 0.29) is 11.9 Å². The summed E-state index contributed by atoms with van der Waals surface area (Å²) in [7, 11) is 1.99. The average Bonchev–Trinajstić information content (AvgIpc) is 2.97. The van der Waals surface area contributed by atoms with Gasteiger partial charge in [-0.1, -0.05) is 0 Å². The van der Waals surface area contributed by atoms with E-state index in [0.717, 1.165) is 10.4 Å². The van der Waals surface area contributed by atoms with E-state index in [1.54, 1.807) is 11.3 Å². The van der Waals surface area contributed by atoms with Gasteiger partial charge in [0.1, 0.15) is 0 Å². The summed E-state index contributed by atoms with van der Waals surface area (Å²) in [6.07, 6.45) is 0. The molecule has 2 N–H and O–H groups in total. The molecule has 1 amide bonds. The molecular weight excluding hydrogens is 413 g/mol. The maximum absolute atomic E-state index is 12.3. The van der Waals surface area contributed by atoms with E-state index in [2.05, 4.69) is 19.7 Å². The van der Waals surface area contributed by atoms with Crippen LogP contribution in [0.4, 0.5) is 0 Å². The van der Waals surface area contributed by atoms with E-state index < -0.39 is 20.5 Å². The number of nitrogens with one attached hydrogen (secondary N) is 2. The van der Waals surface area contributed by atoms with Crippen molar-refractivity contribution in [3.63, 3.8) is 0 Å². The molecule has 0 saturated heterocycles. The maximum atomic E-state index is 12.3. The third kappa shape index (κ3) is 4.46. The standard InChI is InChI=1S/C13H11ClNOS.CH4N.CH3.Sb/c1-9(10-4-6-11(14)7-5-10)15-13(16)12-3-2-8-17-12;1-2;;/h2-7,9H,1H3,(H,15,16);2H,1H3;1H3;/q;-1;;+1. The molecule has 3 nitrogen and oxygen atoms in total. The van der Waals surface area contributed by atoms with E-state index >= 15 is 0 Å². The van der Waals surface area contributed by atoms with Gasteiger partial charge in [-0.25, -0.2) is 0 Å². The summed E-state index contributed by atoms with van der Waals surface area (Å²) in [6, 6.07) is 11.5. The Hall–Kier alpha value is -0.542. The number of benzene rings is 1. The van der Waals surface area contributed by atoms with Gasteiger partial charge in [0.25, 0.3) is 0 Å². The first-order chi connectivity index (χ1) is 10.0. The summed E-state index contributed by atoms with van der Waals surface area (Å²) in [5.74, 6) is -0.0151. The minimum atomic E-state index is -1.52. The number of hydrogen-bond donors (Lipinski definition) is 2. The Balaban J connectivity index is 2.03. The quantitative estimate of drug-likeness (QED) is 0.715. The number of amides is 1. The molecule has 0 aliphatic rings. The molecule has 0 spiro atoms. The zero-order valence-corrected chi connectivity index (χ0v) is 16.3. The second-order valence-electron chi connectivity index (χ2n) is 4.67. The fourth-order valence-electron chi connectivity index (χ4n) is 1.84. The topological polar surface area (TPSA) is 41.1 Å². The van der Waals surface area contributed by atoms with Crippen molar-refractivity contribution in [2.24, 2.45) is 0 Å². The van der Waals surface area contributed by atoms with Gasteiger partial charge in [0.05, 0.1) is 0 Å². The molecule has 0 fully saturated rings. The first kappa shape index (κ1) is 16.8. The molecule has 1 aromatic heterocycles. The molecule has 1 atom stereocenters. The molecule has 0 bridgehead atoms. The zero-order valence-electron chi connectivity index (χ0n) is 12.2. The van der Waals surface area contributed by atoms with Gasteiger partial charge >= 0.3 is 142 Å². The Morgan fingerprint density at radius 1 is 1.24 bits per heavy atom. The van der Waals surface area contributed by atoms with Crippen LogP contribution in [0.2, 0.25) is 9.89 Å². The van der Waals surface area contributed by atoms with E-state index in [1.165, 1.54) is 2.82 Å². The van der Waals surface area contributed by atoms with E-state index in [4.69, 9.17) is 11.6 Å². The third-order valence-corrected chi connectivity index (χ3v) is 11.2. The normalized spacial score (nSPS) is 12.4. The predicted molar refractivity (Wildman–Crippen MR) is 92.0 cm³/mol. The van der Waals surface area contributed by atoms with Gasteiger partial charge < -0.3 is 0 Å². The molecule has 1 aromatic carbocycles. The van der Waals surface area contributed by atoms with Crippen LogP contribution in [0.5, 0.6) is 0 Å². The molecule has 2 rings (SSSR count).